The van der Waals surface area contributed by atoms with Gasteiger partial charge in [-0.3, -0.25) is 9.10 Å². The molecule has 2 rings (SSSR count). The van der Waals surface area contributed by atoms with Gasteiger partial charge in [0, 0.05) is 0 Å². The molecule has 1 amide bonds. The Morgan fingerprint density at radius 2 is 1.77 bits per heavy atom. The first kappa shape index (κ1) is 22.9. The van der Waals surface area contributed by atoms with Crippen LogP contribution >= 0.6 is 0 Å². The molecule has 10 heteroatoms. The van der Waals surface area contributed by atoms with Gasteiger partial charge in [-0.1, -0.05) is 18.2 Å². The van der Waals surface area contributed by atoms with Gasteiger partial charge in [-0.2, -0.15) is 5.10 Å². The molecule has 0 heterocycles. The van der Waals surface area contributed by atoms with E-state index in [-0.39, 0.29) is 6.61 Å². The number of nitrogens with one attached hydrogen (secondary N) is 1. The van der Waals surface area contributed by atoms with E-state index < -0.39 is 27.9 Å². The number of esters is 1. The van der Waals surface area contributed by atoms with Crippen LogP contribution in [-0.4, -0.2) is 52.5 Å². The van der Waals surface area contributed by atoms with E-state index in [0.717, 1.165) is 10.6 Å². The zero-order valence-electron chi connectivity index (χ0n) is 16.8. The predicted molar refractivity (Wildman–Crippen MR) is 113 cm³/mol. The zero-order chi connectivity index (χ0) is 22.1. The summed E-state index contributed by atoms with van der Waals surface area (Å²) >= 11 is 0. The number of nitrogens with zero attached hydrogens (tertiary/aromatic N) is 2. The molecule has 2 aromatic rings. The highest BCUT2D eigenvalue weighted by Gasteiger charge is 2.28. The Morgan fingerprint density at radius 3 is 2.33 bits per heavy atom. The quantitative estimate of drug-likeness (QED) is 0.365. The van der Waals surface area contributed by atoms with Crippen LogP contribution in [0.5, 0.6) is 5.75 Å². The molecule has 0 aliphatic rings. The van der Waals surface area contributed by atoms with Crippen LogP contribution < -0.4 is 14.5 Å². The number of sulfonamides is 1. The Labute approximate surface area is 175 Å². The largest absolute Gasteiger partial charge is 0.482 e. The summed E-state index contributed by atoms with van der Waals surface area (Å²) in [5.41, 5.74) is 3.39. The fourth-order valence-corrected chi connectivity index (χ4v) is 3.67. The molecule has 0 spiro atoms. The topological polar surface area (TPSA) is 114 Å². The Bertz CT molecular complexity index is 991. The molecule has 2 aromatic carbocycles. The number of carbonyl (C=O) groups is 2. The molecule has 160 valence electrons. The summed E-state index contributed by atoms with van der Waals surface area (Å²) in [6.45, 7) is 1.28. The van der Waals surface area contributed by atoms with Crippen LogP contribution in [-0.2, 0) is 24.3 Å². The molecule has 0 radical (unpaired) electrons. The minimum atomic E-state index is -3.68. The van der Waals surface area contributed by atoms with Gasteiger partial charge in [-0.15, -0.1) is 0 Å². The lowest BCUT2D eigenvalue weighted by Gasteiger charge is -2.27. The highest BCUT2D eigenvalue weighted by molar-refractivity contribution is 7.92. The number of hydrogen-bond donors (Lipinski definition) is 1. The average Bonchev–Trinajstić information content (AvgIpc) is 2.72. The minimum absolute atomic E-state index is 0.198. The standard InChI is InChI=1S/C20H23N3O6S/c1-15(23(30(3,26)27)17-7-5-4-6-8-17)20(25)22-21-13-16-9-11-18(12-10-16)29-14-19(24)28-2/h4-13,15H,14H2,1-3H3,(H,22,25)/b21-13-/t15-/m0/s1. The lowest BCUT2D eigenvalue weighted by atomic mass is 10.2. The summed E-state index contributed by atoms with van der Waals surface area (Å²) in [5, 5.41) is 3.88. The maximum atomic E-state index is 12.4. The number of hydrogen-bond acceptors (Lipinski definition) is 7. The molecule has 0 unspecified atom stereocenters. The maximum Gasteiger partial charge on any atom is 0.343 e. The van der Waals surface area contributed by atoms with Gasteiger partial charge in [0.1, 0.15) is 11.8 Å². The number of anilines is 1. The third-order valence-electron chi connectivity index (χ3n) is 3.95. The van der Waals surface area contributed by atoms with E-state index in [9.17, 15) is 18.0 Å². The normalized spacial score (nSPS) is 12.2. The number of carbonyl (C=O) groups excluding carboxylic acids is 2. The summed E-state index contributed by atoms with van der Waals surface area (Å²) in [7, 11) is -2.41. The molecule has 0 aliphatic heterocycles. The van der Waals surface area contributed by atoms with Crippen LogP contribution in [0.15, 0.2) is 59.7 Å². The molecule has 0 saturated heterocycles. The second-order valence-electron chi connectivity index (χ2n) is 6.24. The first-order valence-electron chi connectivity index (χ1n) is 8.89. The van der Waals surface area contributed by atoms with Crippen LogP contribution in [0.2, 0.25) is 0 Å². The van der Waals surface area contributed by atoms with Crippen molar-refractivity contribution in [2.75, 3.05) is 24.3 Å². The van der Waals surface area contributed by atoms with Crippen molar-refractivity contribution in [1.82, 2.24) is 5.43 Å². The number of methoxy groups -OCH3 is 1. The number of amides is 1. The highest BCUT2D eigenvalue weighted by atomic mass is 32.2. The number of rotatable bonds is 9. The van der Waals surface area contributed by atoms with Gasteiger partial charge in [-0.25, -0.2) is 18.6 Å². The number of hydrazone groups is 1. The summed E-state index contributed by atoms with van der Waals surface area (Å²) in [6, 6.07) is 14.0. The summed E-state index contributed by atoms with van der Waals surface area (Å²) in [6.07, 6.45) is 2.44. The van der Waals surface area contributed by atoms with Gasteiger partial charge in [0.25, 0.3) is 5.91 Å². The van der Waals surface area contributed by atoms with Crippen LogP contribution in [0, 0.1) is 0 Å². The predicted octanol–water partition coefficient (Wildman–Crippen LogP) is 1.54. The molecule has 0 bridgehead atoms. The first-order valence-corrected chi connectivity index (χ1v) is 10.7. The van der Waals surface area contributed by atoms with Crippen molar-refractivity contribution in [2.45, 2.75) is 13.0 Å². The van der Waals surface area contributed by atoms with Crippen molar-refractivity contribution in [3.05, 3.63) is 60.2 Å². The average molecular weight is 433 g/mol. The zero-order valence-corrected chi connectivity index (χ0v) is 17.6. The van der Waals surface area contributed by atoms with E-state index in [0.29, 0.717) is 17.0 Å². The van der Waals surface area contributed by atoms with Gasteiger partial charge in [0.2, 0.25) is 10.0 Å². The molecular formula is C20H23N3O6S. The summed E-state index contributed by atoms with van der Waals surface area (Å²) in [5.74, 6) is -0.600. The number of benzene rings is 2. The number of ether oxygens (including phenoxy) is 2. The van der Waals surface area contributed by atoms with E-state index in [1.165, 1.54) is 20.2 Å². The van der Waals surface area contributed by atoms with Gasteiger partial charge in [0.15, 0.2) is 6.61 Å². The van der Waals surface area contributed by atoms with Crippen LogP contribution in [0.1, 0.15) is 12.5 Å². The van der Waals surface area contributed by atoms with Crippen molar-refractivity contribution in [1.29, 1.82) is 0 Å². The molecule has 1 N–H and O–H groups in total. The molecule has 1 atom stereocenters. The second-order valence-corrected chi connectivity index (χ2v) is 8.10. The molecular weight excluding hydrogens is 410 g/mol. The Kier molecular flexibility index (Phi) is 7.93. The molecule has 0 saturated carbocycles. The Balaban J connectivity index is 2.00. The smallest absolute Gasteiger partial charge is 0.343 e. The SMILES string of the molecule is COC(=O)COc1ccc(/C=N\NC(=O)[C@H](C)N(c2ccccc2)S(C)(=O)=O)cc1. The maximum absolute atomic E-state index is 12.4. The molecule has 30 heavy (non-hydrogen) atoms. The monoisotopic (exact) mass is 433 g/mol. The summed E-state index contributed by atoms with van der Waals surface area (Å²) in [4.78, 5) is 23.5. The van der Waals surface area contributed by atoms with Crippen molar-refractivity contribution in [3.63, 3.8) is 0 Å². The molecule has 0 fully saturated rings. The van der Waals surface area contributed by atoms with Crippen LogP contribution in [0.3, 0.4) is 0 Å². The van der Waals surface area contributed by atoms with Crippen molar-refractivity contribution >= 4 is 33.8 Å². The lowest BCUT2D eigenvalue weighted by molar-refractivity contribution is -0.142. The molecule has 0 aromatic heterocycles. The van der Waals surface area contributed by atoms with E-state index in [4.69, 9.17) is 4.74 Å². The van der Waals surface area contributed by atoms with E-state index in [1.54, 1.807) is 54.6 Å². The van der Waals surface area contributed by atoms with Crippen molar-refractivity contribution in [3.8, 4) is 5.75 Å². The van der Waals surface area contributed by atoms with E-state index >= 15 is 0 Å². The van der Waals surface area contributed by atoms with E-state index in [1.807, 2.05) is 0 Å². The third kappa shape index (κ3) is 6.59. The van der Waals surface area contributed by atoms with Crippen molar-refractivity contribution in [2.24, 2.45) is 5.10 Å². The number of para-hydroxylation sites is 1. The Hall–Kier alpha value is -3.40. The molecule has 0 aliphatic carbocycles. The van der Waals surface area contributed by atoms with Gasteiger partial charge in [0.05, 0.1) is 25.3 Å². The second kappa shape index (κ2) is 10.4. The first-order chi connectivity index (χ1) is 14.2. The fourth-order valence-electron chi connectivity index (χ4n) is 2.50. The Morgan fingerprint density at radius 1 is 1.13 bits per heavy atom. The highest BCUT2D eigenvalue weighted by Crippen LogP contribution is 2.20. The van der Waals surface area contributed by atoms with E-state index in [2.05, 4.69) is 15.3 Å². The van der Waals surface area contributed by atoms with Crippen molar-refractivity contribution < 1.29 is 27.5 Å². The van der Waals surface area contributed by atoms with Gasteiger partial charge < -0.3 is 9.47 Å². The van der Waals surface area contributed by atoms with Gasteiger partial charge >= 0.3 is 5.97 Å². The van der Waals surface area contributed by atoms with Gasteiger partial charge in [-0.05, 0) is 48.9 Å². The fraction of sp³-hybridized carbons (Fsp3) is 0.250. The summed E-state index contributed by atoms with van der Waals surface area (Å²) < 4.78 is 35.1. The minimum Gasteiger partial charge on any atom is -0.482 e. The van der Waals surface area contributed by atoms with Crippen LogP contribution in [0.4, 0.5) is 5.69 Å². The third-order valence-corrected chi connectivity index (χ3v) is 5.19. The molecule has 9 nitrogen and oxygen atoms in total. The lowest BCUT2D eigenvalue weighted by Crippen LogP contribution is -2.46. The van der Waals surface area contributed by atoms with Crippen LogP contribution in [0.25, 0.3) is 0 Å².